The number of hydrogen-bond donors (Lipinski definition) is 2. The molecule has 4 heteroatoms. The van der Waals surface area contributed by atoms with Gasteiger partial charge in [-0.15, -0.1) is 12.4 Å². The fraction of sp³-hybridized carbons (Fsp3) is 0.562. The molecular weight excluding hydrogens is 272 g/mol. The first-order valence-corrected chi connectivity index (χ1v) is 7.39. The first-order valence-electron chi connectivity index (χ1n) is 7.39. The summed E-state index contributed by atoms with van der Waals surface area (Å²) in [4.78, 5) is 11.9. The molecule has 1 aromatic rings. The number of carbonyl (C=O) groups is 1. The van der Waals surface area contributed by atoms with Gasteiger partial charge in [-0.1, -0.05) is 30.3 Å². The lowest BCUT2D eigenvalue weighted by Gasteiger charge is -2.36. The Morgan fingerprint density at radius 1 is 1.25 bits per heavy atom. The van der Waals surface area contributed by atoms with Crippen molar-refractivity contribution in [1.82, 2.24) is 10.6 Å². The van der Waals surface area contributed by atoms with Crippen LogP contribution < -0.4 is 10.6 Å². The van der Waals surface area contributed by atoms with Crippen LogP contribution >= 0.6 is 12.4 Å². The predicted molar refractivity (Wildman–Crippen MR) is 83.2 cm³/mol. The standard InChI is InChI=1S/C16H22N2O.ClH/c19-16(11-14-7-4-8-17-14)18-15-9-13(10-15)12-5-2-1-3-6-12;/h1-3,5-6,13-15,17H,4,7-11H2,(H,18,19);1H. The van der Waals surface area contributed by atoms with Crippen molar-refractivity contribution in [3.8, 4) is 0 Å². The Kier molecular flexibility index (Phi) is 5.44. The first kappa shape index (κ1) is 15.3. The largest absolute Gasteiger partial charge is 0.353 e. The van der Waals surface area contributed by atoms with Crippen LogP contribution in [0, 0.1) is 0 Å². The third kappa shape index (κ3) is 3.74. The molecule has 1 heterocycles. The van der Waals surface area contributed by atoms with Gasteiger partial charge in [-0.3, -0.25) is 4.79 Å². The van der Waals surface area contributed by atoms with Crippen LogP contribution in [-0.4, -0.2) is 24.5 Å². The Hall–Kier alpha value is -1.06. The second kappa shape index (κ2) is 7.09. The lowest BCUT2D eigenvalue weighted by molar-refractivity contribution is -0.122. The molecule has 1 aliphatic carbocycles. The average molecular weight is 295 g/mol. The van der Waals surface area contributed by atoms with Crippen molar-refractivity contribution < 1.29 is 4.79 Å². The summed E-state index contributed by atoms with van der Waals surface area (Å²) in [6.45, 7) is 1.07. The average Bonchev–Trinajstić information content (AvgIpc) is 2.87. The Bertz CT molecular complexity index is 425. The Balaban J connectivity index is 0.00000147. The molecule has 2 N–H and O–H groups in total. The lowest BCUT2D eigenvalue weighted by atomic mass is 9.76. The zero-order valence-corrected chi connectivity index (χ0v) is 12.5. The van der Waals surface area contributed by atoms with E-state index in [0.29, 0.717) is 24.4 Å². The Morgan fingerprint density at radius 3 is 2.65 bits per heavy atom. The maximum Gasteiger partial charge on any atom is 0.221 e. The van der Waals surface area contributed by atoms with Crippen molar-refractivity contribution in [2.75, 3.05) is 6.54 Å². The summed E-state index contributed by atoms with van der Waals surface area (Å²) in [6, 6.07) is 11.4. The van der Waals surface area contributed by atoms with Gasteiger partial charge in [0.05, 0.1) is 0 Å². The van der Waals surface area contributed by atoms with E-state index in [1.807, 2.05) is 0 Å². The van der Waals surface area contributed by atoms with E-state index in [1.165, 1.54) is 12.0 Å². The molecule has 1 atom stereocenters. The van der Waals surface area contributed by atoms with Crippen LogP contribution in [-0.2, 0) is 4.79 Å². The van der Waals surface area contributed by atoms with Crippen molar-refractivity contribution >= 4 is 18.3 Å². The van der Waals surface area contributed by atoms with E-state index in [2.05, 4.69) is 41.0 Å². The first-order chi connectivity index (χ1) is 9.31. The predicted octanol–water partition coefficient (Wildman–Crippen LogP) is 2.61. The number of carbonyl (C=O) groups excluding carboxylic acids is 1. The summed E-state index contributed by atoms with van der Waals surface area (Å²) in [5, 5.41) is 6.53. The maximum atomic E-state index is 11.9. The molecule has 1 saturated heterocycles. The van der Waals surface area contributed by atoms with E-state index >= 15 is 0 Å². The van der Waals surface area contributed by atoms with Gasteiger partial charge in [0.25, 0.3) is 0 Å². The summed E-state index contributed by atoms with van der Waals surface area (Å²) < 4.78 is 0. The van der Waals surface area contributed by atoms with Gasteiger partial charge in [0.2, 0.25) is 5.91 Å². The summed E-state index contributed by atoms with van der Waals surface area (Å²) in [6.07, 6.45) is 5.18. The SMILES string of the molecule is Cl.O=C(CC1CCCN1)NC1CC(c2ccccc2)C1. The van der Waals surface area contributed by atoms with E-state index in [-0.39, 0.29) is 18.3 Å². The van der Waals surface area contributed by atoms with E-state index in [0.717, 1.165) is 25.8 Å². The highest BCUT2D eigenvalue weighted by atomic mass is 35.5. The van der Waals surface area contributed by atoms with Gasteiger partial charge in [0.15, 0.2) is 0 Å². The van der Waals surface area contributed by atoms with Crippen LogP contribution in [0.25, 0.3) is 0 Å². The highest BCUT2D eigenvalue weighted by Crippen LogP contribution is 2.36. The summed E-state index contributed by atoms with van der Waals surface area (Å²) in [7, 11) is 0. The molecule has 110 valence electrons. The molecule has 1 aliphatic heterocycles. The third-order valence-electron chi connectivity index (χ3n) is 4.37. The zero-order valence-electron chi connectivity index (χ0n) is 11.7. The van der Waals surface area contributed by atoms with Crippen LogP contribution in [0.3, 0.4) is 0 Å². The minimum absolute atomic E-state index is 0. The van der Waals surface area contributed by atoms with Crippen molar-refractivity contribution in [3.05, 3.63) is 35.9 Å². The van der Waals surface area contributed by atoms with Crippen LogP contribution in [0.1, 0.15) is 43.6 Å². The van der Waals surface area contributed by atoms with E-state index in [1.54, 1.807) is 0 Å². The zero-order chi connectivity index (χ0) is 13.1. The summed E-state index contributed by atoms with van der Waals surface area (Å²) in [5.74, 6) is 0.854. The number of benzene rings is 1. The molecule has 1 aromatic carbocycles. The smallest absolute Gasteiger partial charge is 0.221 e. The van der Waals surface area contributed by atoms with E-state index in [9.17, 15) is 4.79 Å². The van der Waals surface area contributed by atoms with Crippen molar-refractivity contribution in [2.45, 2.75) is 50.1 Å². The monoisotopic (exact) mass is 294 g/mol. The third-order valence-corrected chi connectivity index (χ3v) is 4.37. The molecule has 0 spiro atoms. The highest BCUT2D eigenvalue weighted by Gasteiger charge is 2.31. The van der Waals surface area contributed by atoms with Crippen LogP contribution in [0.2, 0.25) is 0 Å². The topological polar surface area (TPSA) is 41.1 Å². The van der Waals surface area contributed by atoms with Crippen LogP contribution in [0.4, 0.5) is 0 Å². The van der Waals surface area contributed by atoms with Gasteiger partial charge < -0.3 is 10.6 Å². The minimum atomic E-state index is 0. The fourth-order valence-corrected chi connectivity index (χ4v) is 3.17. The molecule has 0 bridgehead atoms. The van der Waals surface area contributed by atoms with Gasteiger partial charge in [-0.05, 0) is 43.7 Å². The van der Waals surface area contributed by atoms with Crippen LogP contribution in [0.5, 0.6) is 0 Å². The van der Waals surface area contributed by atoms with E-state index in [4.69, 9.17) is 0 Å². The molecule has 3 nitrogen and oxygen atoms in total. The number of amides is 1. The quantitative estimate of drug-likeness (QED) is 0.896. The van der Waals surface area contributed by atoms with E-state index < -0.39 is 0 Å². The molecule has 3 rings (SSSR count). The Labute approximate surface area is 126 Å². The molecule has 1 unspecified atom stereocenters. The molecule has 1 saturated carbocycles. The number of nitrogens with one attached hydrogen (secondary N) is 2. The summed E-state index contributed by atoms with van der Waals surface area (Å²) >= 11 is 0. The number of halogens is 1. The molecule has 2 fully saturated rings. The number of hydrogen-bond acceptors (Lipinski definition) is 2. The van der Waals surface area contributed by atoms with Gasteiger partial charge in [0, 0.05) is 18.5 Å². The number of rotatable bonds is 4. The van der Waals surface area contributed by atoms with Crippen molar-refractivity contribution in [1.29, 1.82) is 0 Å². The maximum absolute atomic E-state index is 11.9. The van der Waals surface area contributed by atoms with Crippen molar-refractivity contribution in [3.63, 3.8) is 0 Å². The van der Waals surface area contributed by atoms with Crippen molar-refractivity contribution in [2.24, 2.45) is 0 Å². The summed E-state index contributed by atoms with van der Waals surface area (Å²) in [5.41, 5.74) is 1.41. The molecule has 1 amide bonds. The second-order valence-corrected chi connectivity index (χ2v) is 5.84. The lowest BCUT2D eigenvalue weighted by Crippen LogP contribution is -2.44. The molecule has 0 aromatic heterocycles. The Morgan fingerprint density at radius 2 is 2.00 bits per heavy atom. The molecule has 2 aliphatic rings. The van der Waals surface area contributed by atoms with Crippen LogP contribution in [0.15, 0.2) is 30.3 Å². The minimum Gasteiger partial charge on any atom is -0.353 e. The normalized spacial score (nSPS) is 28.3. The van der Waals surface area contributed by atoms with Gasteiger partial charge in [-0.2, -0.15) is 0 Å². The van der Waals surface area contributed by atoms with Gasteiger partial charge in [0.1, 0.15) is 0 Å². The molecule has 20 heavy (non-hydrogen) atoms. The molecule has 0 radical (unpaired) electrons. The van der Waals surface area contributed by atoms with Gasteiger partial charge in [-0.25, -0.2) is 0 Å². The molecular formula is C16H23ClN2O. The van der Waals surface area contributed by atoms with Gasteiger partial charge >= 0.3 is 0 Å². The second-order valence-electron chi connectivity index (χ2n) is 5.84. The fourth-order valence-electron chi connectivity index (χ4n) is 3.17. The highest BCUT2D eigenvalue weighted by molar-refractivity contribution is 5.85.